The third-order valence-electron chi connectivity index (χ3n) is 4.80. The zero-order chi connectivity index (χ0) is 16.3. The van der Waals surface area contributed by atoms with E-state index in [-0.39, 0.29) is 12.6 Å². The van der Waals surface area contributed by atoms with Crippen molar-refractivity contribution in [3.05, 3.63) is 0 Å². The molecule has 2 atom stereocenters. The molecule has 1 amide bonds. The number of carboxylic acids is 1. The highest BCUT2D eigenvalue weighted by molar-refractivity contribution is 5.73. The number of carboxylic acid groups (broad SMARTS) is 1. The van der Waals surface area contributed by atoms with Crippen molar-refractivity contribution >= 4 is 12.1 Å². The fraction of sp³-hybridized carbons (Fsp3) is 0.882. The van der Waals surface area contributed by atoms with E-state index in [9.17, 15) is 14.7 Å². The van der Waals surface area contributed by atoms with Gasteiger partial charge in [0.2, 0.25) is 0 Å². The molecule has 1 N–H and O–H groups in total. The van der Waals surface area contributed by atoms with Crippen LogP contribution in [0.25, 0.3) is 0 Å². The van der Waals surface area contributed by atoms with Crippen molar-refractivity contribution in [2.75, 3.05) is 13.1 Å². The first-order chi connectivity index (χ1) is 10.3. The smallest absolute Gasteiger partial charge is 0.410 e. The Bertz CT molecular complexity index is 409. The molecular weight excluding hydrogens is 282 g/mol. The van der Waals surface area contributed by atoms with Gasteiger partial charge in [-0.1, -0.05) is 32.1 Å². The minimum atomic E-state index is -0.797. The number of ether oxygens (including phenoxy) is 1. The third-order valence-corrected chi connectivity index (χ3v) is 4.80. The largest absolute Gasteiger partial charge is 0.481 e. The Morgan fingerprint density at radius 3 is 2.23 bits per heavy atom. The van der Waals surface area contributed by atoms with Crippen LogP contribution >= 0.6 is 0 Å². The first-order valence-electron chi connectivity index (χ1n) is 8.47. The maximum atomic E-state index is 12.3. The quantitative estimate of drug-likeness (QED) is 0.847. The number of aliphatic carboxylic acids is 1. The molecule has 22 heavy (non-hydrogen) atoms. The van der Waals surface area contributed by atoms with Gasteiger partial charge in [-0.2, -0.15) is 0 Å². The molecule has 2 unspecified atom stereocenters. The number of nitrogens with zero attached hydrogens (tertiary/aromatic N) is 1. The molecule has 0 aromatic heterocycles. The van der Waals surface area contributed by atoms with Crippen LogP contribution < -0.4 is 0 Å². The lowest BCUT2D eigenvalue weighted by molar-refractivity contribution is -0.144. The van der Waals surface area contributed by atoms with Crippen LogP contribution in [0.2, 0.25) is 0 Å². The van der Waals surface area contributed by atoms with Gasteiger partial charge in [0.1, 0.15) is 5.60 Å². The van der Waals surface area contributed by atoms with Gasteiger partial charge >= 0.3 is 12.1 Å². The molecule has 1 heterocycles. The Hall–Kier alpha value is -1.26. The molecule has 2 rings (SSSR count). The normalized spacial score (nSPS) is 27.5. The third kappa shape index (κ3) is 4.62. The van der Waals surface area contributed by atoms with E-state index in [1.54, 1.807) is 4.90 Å². The lowest BCUT2D eigenvalue weighted by Crippen LogP contribution is -2.49. The highest BCUT2D eigenvalue weighted by Gasteiger charge is 2.38. The van der Waals surface area contributed by atoms with Crippen LogP contribution in [0.15, 0.2) is 0 Å². The van der Waals surface area contributed by atoms with E-state index in [2.05, 4.69) is 0 Å². The summed E-state index contributed by atoms with van der Waals surface area (Å²) in [5.74, 6) is -0.411. The zero-order valence-electron chi connectivity index (χ0n) is 14.0. The van der Waals surface area contributed by atoms with E-state index in [1.807, 2.05) is 20.8 Å². The summed E-state index contributed by atoms with van der Waals surface area (Å²) in [6, 6.07) is 0. The van der Waals surface area contributed by atoms with Crippen LogP contribution in [0.4, 0.5) is 4.79 Å². The van der Waals surface area contributed by atoms with Crippen molar-refractivity contribution in [3.8, 4) is 0 Å². The second-order valence-corrected chi connectivity index (χ2v) is 7.81. The molecule has 1 saturated carbocycles. The molecule has 1 saturated heterocycles. The van der Waals surface area contributed by atoms with Gasteiger partial charge in [-0.05, 0) is 39.0 Å². The average Bonchev–Trinajstić information content (AvgIpc) is 2.46. The molecule has 1 aliphatic carbocycles. The van der Waals surface area contributed by atoms with Crippen LogP contribution in [0.3, 0.4) is 0 Å². The Morgan fingerprint density at radius 1 is 1.05 bits per heavy atom. The Kier molecular flexibility index (Phi) is 5.35. The van der Waals surface area contributed by atoms with E-state index in [0.717, 1.165) is 0 Å². The van der Waals surface area contributed by atoms with E-state index < -0.39 is 17.5 Å². The van der Waals surface area contributed by atoms with E-state index in [1.165, 1.54) is 32.1 Å². The molecule has 0 spiro atoms. The SMILES string of the molecule is CC(C)(C)OC(=O)N1CC(C(=O)O)CC(C2CCCCC2)C1. The first-order valence-corrected chi connectivity index (χ1v) is 8.47. The summed E-state index contributed by atoms with van der Waals surface area (Å²) in [6.45, 7) is 6.42. The minimum Gasteiger partial charge on any atom is -0.481 e. The number of piperidine rings is 1. The summed E-state index contributed by atoms with van der Waals surface area (Å²) < 4.78 is 5.43. The lowest BCUT2D eigenvalue weighted by atomic mass is 9.74. The maximum Gasteiger partial charge on any atom is 0.410 e. The second kappa shape index (κ2) is 6.88. The number of hydrogen-bond acceptors (Lipinski definition) is 3. The van der Waals surface area contributed by atoms with E-state index in [4.69, 9.17) is 4.74 Å². The van der Waals surface area contributed by atoms with Gasteiger partial charge in [-0.3, -0.25) is 4.79 Å². The van der Waals surface area contributed by atoms with Crippen molar-refractivity contribution in [3.63, 3.8) is 0 Å². The molecule has 0 aromatic rings. The van der Waals surface area contributed by atoms with Gasteiger partial charge in [0.05, 0.1) is 5.92 Å². The predicted molar refractivity (Wildman–Crippen MR) is 83.6 cm³/mol. The molecule has 5 nitrogen and oxygen atoms in total. The van der Waals surface area contributed by atoms with Gasteiger partial charge in [-0.15, -0.1) is 0 Å². The number of carbonyl (C=O) groups is 2. The molecule has 0 aromatic carbocycles. The standard InChI is InChI=1S/C17H29NO4/c1-17(2,3)22-16(21)18-10-13(9-14(11-18)15(19)20)12-7-5-4-6-8-12/h12-14H,4-11H2,1-3H3,(H,19,20). The average molecular weight is 311 g/mol. The summed E-state index contributed by atoms with van der Waals surface area (Å²) >= 11 is 0. The molecule has 126 valence electrons. The van der Waals surface area contributed by atoms with Crippen LogP contribution in [-0.2, 0) is 9.53 Å². The molecule has 0 bridgehead atoms. The molecular formula is C17H29NO4. The Morgan fingerprint density at radius 2 is 1.68 bits per heavy atom. The first kappa shape index (κ1) is 17.1. The van der Waals surface area contributed by atoms with E-state index >= 15 is 0 Å². The monoisotopic (exact) mass is 311 g/mol. The molecule has 2 aliphatic rings. The van der Waals surface area contributed by atoms with Crippen LogP contribution in [0.5, 0.6) is 0 Å². The number of carbonyl (C=O) groups excluding carboxylic acids is 1. The number of rotatable bonds is 2. The van der Waals surface area contributed by atoms with Crippen molar-refractivity contribution in [2.45, 2.75) is 64.9 Å². The van der Waals surface area contributed by atoms with Gasteiger partial charge in [0.15, 0.2) is 0 Å². The van der Waals surface area contributed by atoms with Crippen LogP contribution in [-0.4, -0.2) is 40.8 Å². The summed E-state index contributed by atoms with van der Waals surface area (Å²) in [4.78, 5) is 25.4. The Balaban J connectivity index is 2.05. The molecule has 0 radical (unpaired) electrons. The molecule has 1 aliphatic heterocycles. The van der Waals surface area contributed by atoms with Crippen molar-refractivity contribution in [1.29, 1.82) is 0 Å². The van der Waals surface area contributed by atoms with Gasteiger partial charge in [0.25, 0.3) is 0 Å². The fourth-order valence-electron chi connectivity index (χ4n) is 3.74. The van der Waals surface area contributed by atoms with E-state index in [0.29, 0.717) is 24.8 Å². The molecule has 5 heteroatoms. The number of likely N-dealkylation sites (tertiary alicyclic amines) is 1. The fourth-order valence-corrected chi connectivity index (χ4v) is 3.74. The van der Waals surface area contributed by atoms with Crippen LogP contribution in [0.1, 0.15) is 59.3 Å². The maximum absolute atomic E-state index is 12.3. The lowest BCUT2D eigenvalue weighted by Gasteiger charge is -2.41. The second-order valence-electron chi connectivity index (χ2n) is 7.81. The summed E-state index contributed by atoms with van der Waals surface area (Å²) in [7, 11) is 0. The summed E-state index contributed by atoms with van der Waals surface area (Å²) in [5.41, 5.74) is -0.548. The van der Waals surface area contributed by atoms with Gasteiger partial charge < -0.3 is 14.7 Å². The highest BCUT2D eigenvalue weighted by atomic mass is 16.6. The number of hydrogen-bond donors (Lipinski definition) is 1. The Labute approximate surface area is 133 Å². The molecule has 2 fully saturated rings. The highest BCUT2D eigenvalue weighted by Crippen LogP contribution is 2.36. The zero-order valence-corrected chi connectivity index (χ0v) is 14.0. The predicted octanol–water partition coefficient (Wildman–Crippen LogP) is 3.52. The summed E-state index contributed by atoms with van der Waals surface area (Å²) in [6.07, 6.45) is 6.38. The minimum absolute atomic E-state index is 0.271. The number of amides is 1. The topological polar surface area (TPSA) is 66.8 Å². The van der Waals surface area contributed by atoms with Crippen molar-refractivity contribution < 1.29 is 19.4 Å². The van der Waals surface area contributed by atoms with Crippen molar-refractivity contribution in [2.24, 2.45) is 17.8 Å². The summed E-state index contributed by atoms with van der Waals surface area (Å²) in [5, 5.41) is 9.41. The van der Waals surface area contributed by atoms with Crippen LogP contribution in [0, 0.1) is 17.8 Å². The van der Waals surface area contributed by atoms with Crippen molar-refractivity contribution in [1.82, 2.24) is 4.90 Å². The van der Waals surface area contributed by atoms with Gasteiger partial charge in [0, 0.05) is 13.1 Å². The van der Waals surface area contributed by atoms with Gasteiger partial charge in [-0.25, -0.2) is 4.79 Å².